The van der Waals surface area contributed by atoms with Crippen LogP contribution in [0.1, 0.15) is 13.8 Å². The first-order chi connectivity index (χ1) is 11.5. The maximum Gasteiger partial charge on any atom is 0.490 e. The van der Waals surface area contributed by atoms with Gasteiger partial charge in [-0.15, -0.1) is 0 Å². The molecule has 0 bridgehead atoms. The van der Waals surface area contributed by atoms with Crippen LogP contribution < -0.4 is 10.8 Å². The smallest absolute Gasteiger partial charge is 0.438 e. The molecule has 0 aliphatic carbocycles. The lowest BCUT2D eigenvalue weighted by molar-refractivity contribution is -0.297. The minimum absolute atomic E-state index is 0.618. The molecule has 0 aromatic carbocycles. The van der Waals surface area contributed by atoms with Crippen LogP contribution in [0.15, 0.2) is 0 Å². The molecular weight excluding hydrogens is 357 g/mol. The molecule has 6 atom stereocenters. The van der Waals surface area contributed by atoms with Crippen LogP contribution in [-0.4, -0.2) is 76.9 Å². The van der Waals surface area contributed by atoms with Gasteiger partial charge >= 0.3 is 12.1 Å². The predicted octanol–water partition coefficient (Wildman–Crippen LogP) is -2.10. The van der Waals surface area contributed by atoms with Crippen LogP contribution in [0.25, 0.3) is 0 Å². The number of alkyl halides is 3. The van der Waals surface area contributed by atoms with Crippen molar-refractivity contribution in [2.75, 3.05) is 6.61 Å². The Hall–Kier alpha value is -1.51. The van der Waals surface area contributed by atoms with E-state index in [-0.39, 0.29) is 0 Å². The Kier molecular flexibility index (Phi) is 7.52. The summed E-state index contributed by atoms with van der Waals surface area (Å²) < 4.78 is 45.4. The summed E-state index contributed by atoms with van der Waals surface area (Å²) in [5.74, 6) is -3.07. The summed E-state index contributed by atoms with van der Waals surface area (Å²) in [6.45, 7) is 1.42. The molecule has 5 N–H and O–H groups in total. The van der Waals surface area contributed by atoms with Crippen molar-refractivity contribution in [3.63, 3.8) is 0 Å². The van der Waals surface area contributed by atoms with Gasteiger partial charge in [-0.05, 0) is 6.92 Å². The molecular formula is C12H19F3N2O8. The van der Waals surface area contributed by atoms with Gasteiger partial charge in [-0.25, -0.2) is 4.79 Å². The first-order valence-corrected chi connectivity index (χ1v) is 7.06. The van der Waals surface area contributed by atoms with Gasteiger partial charge < -0.3 is 30.1 Å². The summed E-state index contributed by atoms with van der Waals surface area (Å²) in [4.78, 5) is 26.8. The number of carbonyl (C=O) groups excluding carboxylic acids is 2. The quantitative estimate of drug-likeness (QED) is 0.200. The lowest BCUT2D eigenvalue weighted by Gasteiger charge is -2.42. The highest BCUT2D eigenvalue weighted by atomic mass is 19.4. The summed E-state index contributed by atoms with van der Waals surface area (Å²) >= 11 is 0. The molecule has 1 aliphatic heterocycles. The molecule has 10 nitrogen and oxygen atoms in total. The average molecular weight is 376 g/mol. The van der Waals surface area contributed by atoms with Crippen LogP contribution in [0.5, 0.6) is 0 Å². The number of halogens is 3. The Morgan fingerprint density at radius 1 is 1.28 bits per heavy atom. The lowest BCUT2D eigenvalue weighted by Crippen LogP contribution is -2.65. The number of rotatable bonds is 6. The molecule has 146 valence electrons. The fourth-order valence-corrected chi connectivity index (χ4v) is 1.99. The van der Waals surface area contributed by atoms with Gasteiger partial charge in [0.2, 0.25) is 12.2 Å². The molecule has 1 unspecified atom stereocenters. The van der Waals surface area contributed by atoms with Crippen molar-refractivity contribution in [2.45, 2.75) is 56.9 Å². The summed E-state index contributed by atoms with van der Waals surface area (Å²) in [7, 11) is 0. The fourth-order valence-electron chi connectivity index (χ4n) is 1.99. The maximum atomic E-state index is 12.1. The van der Waals surface area contributed by atoms with Gasteiger partial charge in [-0.3, -0.25) is 9.63 Å². The van der Waals surface area contributed by atoms with E-state index in [1.54, 1.807) is 0 Å². The number of hydrogen-bond acceptors (Lipinski definition) is 9. The van der Waals surface area contributed by atoms with E-state index >= 15 is 0 Å². The van der Waals surface area contributed by atoms with E-state index in [0.717, 1.165) is 13.8 Å². The van der Waals surface area contributed by atoms with E-state index in [4.69, 9.17) is 14.7 Å². The van der Waals surface area contributed by atoms with Gasteiger partial charge in [0.25, 0.3) is 0 Å². The third-order valence-corrected chi connectivity index (χ3v) is 3.12. The molecule has 0 saturated carbocycles. The van der Waals surface area contributed by atoms with Crippen LogP contribution in [0.4, 0.5) is 13.2 Å². The van der Waals surface area contributed by atoms with Crippen molar-refractivity contribution < 1.29 is 52.4 Å². The van der Waals surface area contributed by atoms with Crippen molar-refractivity contribution >= 4 is 11.9 Å². The van der Waals surface area contributed by atoms with Crippen LogP contribution >= 0.6 is 0 Å². The number of ether oxygens (including phenoxy) is 2. The normalized spacial score (nSPS) is 31.3. The lowest BCUT2D eigenvalue weighted by atomic mass is 9.97. The molecule has 0 aromatic rings. The Morgan fingerprint density at radius 3 is 2.36 bits per heavy atom. The zero-order valence-corrected chi connectivity index (χ0v) is 13.2. The molecule has 0 spiro atoms. The minimum atomic E-state index is -5.20. The zero-order chi connectivity index (χ0) is 19.4. The standard InChI is InChI=1S/C12H19F3N2O8/c1-4(19)16-7-9(21)8(20)6(3-18)24-10(7)25-17-5(2)23-11(22)12(13,14)15/h5-10,17-18,20-21H,3H2,1-2H3,(H,16,19)/t5?,6-,7-,8-,9-,10-/m1/s1. The summed E-state index contributed by atoms with van der Waals surface area (Å²) in [5, 5.41) is 31.1. The molecule has 0 radical (unpaired) electrons. The second-order valence-corrected chi connectivity index (χ2v) is 5.21. The minimum Gasteiger partial charge on any atom is -0.438 e. The number of esters is 1. The first kappa shape index (κ1) is 21.5. The Balaban J connectivity index is 2.71. The highest BCUT2D eigenvalue weighted by molar-refractivity contribution is 5.75. The molecule has 1 saturated heterocycles. The molecule has 1 rings (SSSR count). The van der Waals surface area contributed by atoms with Crippen molar-refractivity contribution in [1.82, 2.24) is 10.8 Å². The second-order valence-electron chi connectivity index (χ2n) is 5.21. The molecule has 13 heteroatoms. The summed E-state index contributed by atoms with van der Waals surface area (Å²) in [6.07, 6.45) is -12.7. The van der Waals surface area contributed by atoms with E-state index in [1.165, 1.54) is 0 Å². The van der Waals surface area contributed by atoms with Gasteiger partial charge in [0.1, 0.15) is 24.4 Å². The number of aliphatic hydroxyl groups is 3. The summed E-state index contributed by atoms with van der Waals surface area (Å²) in [5.41, 5.74) is 1.94. The van der Waals surface area contributed by atoms with Crippen LogP contribution in [0, 0.1) is 0 Å². The van der Waals surface area contributed by atoms with Gasteiger partial charge in [0, 0.05) is 6.92 Å². The van der Waals surface area contributed by atoms with E-state index in [0.29, 0.717) is 0 Å². The number of carbonyl (C=O) groups is 2. The number of aliphatic hydroxyl groups excluding tert-OH is 3. The third-order valence-electron chi connectivity index (χ3n) is 3.12. The predicted molar refractivity (Wildman–Crippen MR) is 71.2 cm³/mol. The second kappa shape index (κ2) is 8.73. The van der Waals surface area contributed by atoms with Crippen LogP contribution in [-0.2, 0) is 23.9 Å². The number of nitrogens with one attached hydrogen (secondary N) is 2. The van der Waals surface area contributed by atoms with Crippen molar-refractivity contribution in [3.8, 4) is 0 Å². The van der Waals surface area contributed by atoms with Gasteiger partial charge in [-0.1, -0.05) is 0 Å². The average Bonchev–Trinajstić information content (AvgIpc) is 2.49. The van der Waals surface area contributed by atoms with Crippen LogP contribution in [0.2, 0.25) is 0 Å². The molecule has 1 heterocycles. The van der Waals surface area contributed by atoms with E-state index in [1.807, 2.05) is 5.48 Å². The largest absolute Gasteiger partial charge is 0.490 e. The van der Waals surface area contributed by atoms with Crippen LogP contribution in [0.3, 0.4) is 0 Å². The molecule has 0 aromatic heterocycles. The van der Waals surface area contributed by atoms with Crippen molar-refractivity contribution in [3.05, 3.63) is 0 Å². The molecule has 1 amide bonds. The summed E-state index contributed by atoms with van der Waals surface area (Å²) in [6, 6.07) is -1.31. The van der Waals surface area contributed by atoms with E-state index < -0.39 is 61.5 Å². The van der Waals surface area contributed by atoms with E-state index in [9.17, 15) is 33.0 Å². The number of hydrogen-bond donors (Lipinski definition) is 5. The first-order valence-electron chi connectivity index (χ1n) is 7.06. The van der Waals surface area contributed by atoms with Crippen molar-refractivity contribution in [2.24, 2.45) is 0 Å². The number of hydroxylamine groups is 1. The Morgan fingerprint density at radius 2 is 1.88 bits per heavy atom. The van der Waals surface area contributed by atoms with Gasteiger partial charge in [-0.2, -0.15) is 18.7 Å². The van der Waals surface area contributed by atoms with E-state index in [2.05, 4.69) is 10.1 Å². The molecule has 1 aliphatic rings. The zero-order valence-electron chi connectivity index (χ0n) is 13.2. The monoisotopic (exact) mass is 376 g/mol. The molecule has 1 fully saturated rings. The fraction of sp³-hybridized carbons (Fsp3) is 0.833. The van der Waals surface area contributed by atoms with Gasteiger partial charge in [0.15, 0.2) is 6.23 Å². The highest BCUT2D eigenvalue weighted by Crippen LogP contribution is 2.22. The highest BCUT2D eigenvalue weighted by Gasteiger charge is 2.46. The van der Waals surface area contributed by atoms with Crippen molar-refractivity contribution in [1.29, 1.82) is 0 Å². The third kappa shape index (κ3) is 6.05. The molecule has 25 heavy (non-hydrogen) atoms. The SMILES string of the molecule is CC(=O)N[C@H]1[C@@H](ONC(C)OC(=O)C(F)(F)F)O[C@H](CO)[C@@H](O)[C@@H]1O. The number of amides is 1. The van der Waals surface area contributed by atoms with Gasteiger partial charge in [0.05, 0.1) is 6.61 Å². The Labute approximate surface area is 139 Å². The maximum absolute atomic E-state index is 12.1. The Bertz CT molecular complexity index is 478. The topological polar surface area (TPSA) is 147 Å².